The first-order chi connectivity index (χ1) is 13.7. The van der Waals surface area contributed by atoms with Crippen LogP contribution in [0, 0.1) is 0 Å². The molecule has 0 amide bonds. The van der Waals surface area contributed by atoms with Crippen LogP contribution in [0.25, 0.3) is 21.3 Å². The number of aromatic amines is 1. The molecular formula is C21H18ClN3OS2. The summed E-state index contributed by atoms with van der Waals surface area (Å²) in [6, 6.07) is 12.3. The molecule has 0 unspecified atom stereocenters. The summed E-state index contributed by atoms with van der Waals surface area (Å²) < 4.78 is 0. The van der Waals surface area contributed by atoms with Gasteiger partial charge in [0.1, 0.15) is 10.7 Å². The van der Waals surface area contributed by atoms with Crippen molar-refractivity contribution < 1.29 is 0 Å². The van der Waals surface area contributed by atoms with E-state index in [1.165, 1.54) is 22.6 Å². The molecule has 0 radical (unpaired) electrons. The average Bonchev–Trinajstić information content (AvgIpc) is 3.42. The fourth-order valence-electron chi connectivity index (χ4n) is 3.92. The number of rotatable bonds is 4. The van der Waals surface area contributed by atoms with Crippen molar-refractivity contribution in [3.63, 3.8) is 0 Å². The highest BCUT2D eigenvalue weighted by molar-refractivity contribution is 7.17. The predicted molar refractivity (Wildman–Crippen MR) is 117 cm³/mol. The molecule has 4 nitrogen and oxygen atoms in total. The molecule has 3 aromatic heterocycles. The Bertz CT molecular complexity index is 1160. The zero-order chi connectivity index (χ0) is 19.1. The molecule has 4 aromatic rings. The number of thiophene rings is 2. The third kappa shape index (κ3) is 3.31. The molecule has 1 atom stereocenters. The summed E-state index contributed by atoms with van der Waals surface area (Å²) in [5, 5.41) is 5.47. The lowest BCUT2D eigenvalue weighted by Gasteiger charge is -2.22. The Morgan fingerprint density at radius 2 is 2.07 bits per heavy atom. The maximum Gasteiger partial charge on any atom is 0.260 e. The quantitative estimate of drug-likeness (QED) is 0.454. The number of benzene rings is 1. The monoisotopic (exact) mass is 427 g/mol. The van der Waals surface area contributed by atoms with Gasteiger partial charge >= 0.3 is 0 Å². The Kier molecular flexibility index (Phi) is 4.80. The third-order valence-electron chi connectivity index (χ3n) is 5.24. The molecule has 7 heteroatoms. The highest BCUT2D eigenvalue weighted by atomic mass is 35.5. The van der Waals surface area contributed by atoms with E-state index in [1.54, 1.807) is 11.3 Å². The first-order valence-corrected chi connectivity index (χ1v) is 11.4. The van der Waals surface area contributed by atoms with E-state index < -0.39 is 0 Å². The molecule has 0 bridgehead atoms. The van der Waals surface area contributed by atoms with E-state index in [0.717, 1.165) is 34.7 Å². The Labute approximate surface area is 175 Å². The highest BCUT2D eigenvalue weighted by Gasteiger charge is 2.27. The molecule has 4 heterocycles. The minimum atomic E-state index is -0.0712. The van der Waals surface area contributed by atoms with E-state index in [9.17, 15) is 4.79 Å². The summed E-state index contributed by atoms with van der Waals surface area (Å²) in [4.78, 5) is 25.3. The van der Waals surface area contributed by atoms with Gasteiger partial charge in [0.25, 0.3) is 5.56 Å². The summed E-state index contributed by atoms with van der Waals surface area (Å²) in [5.41, 5.74) is 1.82. The number of halogens is 1. The van der Waals surface area contributed by atoms with Crippen LogP contribution in [0.2, 0.25) is 5.02 Å². The Morgan fingerprint density at radius 3 is 2.86 bits per heavy atom. The van der Waals surface area contributed by atoms with Gasteiger partial charge in [-0.1, -0.05) is 29.8 Å². The summed E-state index contributed by atoms with van der Waals surface area (Å²) in [6.07, 6.45) is 2.33. The van der Waals surface area contributed by atoms with Crippen molar-refractivity contribution in [1.29, 1.82) is 0 Å². The first-order valence-electron chi connectivity index (χ1n) is 9.23. The van der Waals surface area contributed by atoms with Crippen LogP contribution in [0.15, 0.2) is 52.0 Å². The molecule has 1 aliphatic heterocycles. The Hall–Kier alpha value is -1.99. The predicted octanol–water partition coefficient (Wildman–Crippen LogP) is 5.70. The van der Waals surface area contributed by atoms with E-state index in [4.69, 9.17) is 16.6 Å². The summed E-state index contributed by atoms with van der Waals surface area (Å²) in [7, 11) is 0. The lowest BCUT2D eigenvalue weighted by molar-refractivity contribution is 0.245. The van der Waals surface area contributed by atoms with Crippen LogP contribution in [-0.2, 0) is 6.54 Å². The average molecular weight is 428 g/mol. The SMILES string of the molecule is O=c1[nH]c(CN2CCC[C@H]2c2cccs2)nc2scc(-c3ccc(Cl)cc3)c12. The smallest absolute Gasteiger partial charge is 0.260 e. The standard InChI is InChI=1S/C21H18ClN3OS2/c22-14-7-5-13(6-8-14)15-12-28-21-19(15)20(26)23-18(24-21)11-25-9-1-3-16(25)17-4-2-10-27-17/h2,4-8,10,12,16H,1,3,9,11H2,(H,23,24,26)/t16-/m0/s1. The van der Waals surface area contributed by atoms with Crippen LogP contribution in [0.1, 0.15) is 29.6 Å². The van der Waals surface area contributed by atoms with Gasteiger partial charge in [0, 0.05) is 26.9 Å². The maximum absolute atomic E-state index is 12.9. The molecule has 1 aromatic carbocycles. The highest BCUT2D eigenvalue weighted by Crippen LogP contribution is 2.36. The number of likely N-dealkylation sites (tertiary alicyclic amines) is 1. The van der Waals surface area contributed by atoms with Crippen molar-refractivity contribution in [2.75, 3.05) is 6.54 Å². The lowest BCUT2D eigenvalue weighted by Crippen LogP contribution is -2.25. The van der Waals surface area contributed by atoms with Gasteiger partial charge in [-0.05, 0) is 48.5 Å². The number of nitrogens with zero attached hydrogens (tertiary/aromatic N) is 2. The van der Waals surface area contributed by atoms with Gasteiger partial charge in [-0.25, -0.2) is 4.98 Å². The molecular weight excluding hydrogens is 410 g/mol. The number of fused-ring (bicyclic) bond motifs is 1. The van der Waals surface area contributed by atoms with Crippen LogP contribution in [0.3, 0.4) is 0 Å². The maximum atomic E-state index is 12.9. The second-order valence-electron chi connectivity index (χ2n) is 6.99. The fourth-order valence-corrected chi connectivity index (χ4v) is 5.91. The van der Waals surface area contributed by atoms with Crippen molar-refractivity contribution >= 4 is 44.5 Å². The van der Waals surface area contributed by atoms with Crippen LogP contribution in [0.5, 0.6) is 0 Å². The van der Waals surface area contributed by atoms with Crippen LogP contribution in [0.4, 0.5) is 0 Å². The van der Waals surface area contributed by atoms with E-state index in [-0.39, 0.29) is 5.56 Å². The minimum absolute atomic E-state index is 0.0712. The normalized spacial score (nSPS) is 17.5. The second kappa shape index (κ2) is 7.44. The van der Waals surface area contributed by atoms with Crippen molar-refractivity contribution in [2.45, 2.75) is 25.4 Å². The molecule has 1 fully saturated rings. The number of aromatic nitrogens is 2. The number of hydrogen-bond acceptors (Lipinski definition) is 5. The largest absolute Gasteiger partial charge is 0.309 e. The summed E-state index contributed by atoms with van der Waals surface area (Å²) >= 11 is 9.31. The van der Waals surface area contributed by atoms with E-state index in [2.05, 4.69) is 27.4 Å². The van der Waals surface area contributed by atoms with Crippen molar-refractivity contribution in [3.8, 4) is 11.1 Å². The van der Waals surface area contributed by atoms with Gasteiger partial charge in [-0.15, -0.1) is 22.7 Å². The van der Waals surface area contributed by atoms with Crippen molar-refractivity contribution in [3.05, 3.63) is 73.2 Å². The van der Waals surface area contributed by atoms with Crippen molar-refractivity contribution in [1.82, 2.24) is 14.9 Å². The van der Waals surface area contributed by atoms with E-state index in [1.807, 2.05) is 29.6 Å². The zero-order valence-corrected chi connectivity index (χ0v) is 17.4. The topological polar surface area (TPSA) is 49.0 Å². The minimum Gasteiger partial charge on any atom is -0.309 e. The fraction of sp³-hybridized carbons (Fsp3) is 0.238. The van der Waals surface area contributed by atoms with E-state index in [0.29, 0.717) is 23.0 Å². The van der Waals surface area contributed by atoms with E-state index >= 15 is 0 Å². The molecule has 0 aliphatic carbocycles. The summed E-state index contributed by atoms with van der Waals surface area (Å²) in [6.45, 7) is 1.70. The molecule has 1 saturated heterocycles. The van der Waals surface area contributed by atoms with Gasteiger partial charge < -0.3 is 4.98 Å². The second-order valence-corrected chi connectivity index (χ2v) is 9.27. The van der Waals surface area contributed by atoms with Gasteiger partial charge in [-0.3, -0.25) is 9.69 Å². The Balaban J connectivity index is 1.47. The van der Waals surface area contributed by atoms with Gasteiger partial charge in [0.15, 0.2) is 0 Å². The molecule has 1 aliphatic rings. The molecule has 142 valence electrons. The molecule has 1 N–H and O–H groups in total. The van der Waals surface area contributed by atoms with Gasteiger partial charge in [-0.2, -0.15) is 0 Å². The molecule has 5 rings (SSSR count). The van der Waals surface area contributed by atoms with Crippen LogP contribution in [-0.4, -0.2) is 21.4 Å². The lowest BCUT2D eigenvalue weighted by atomic mass is 10.1. The molecule has 0 spiro atoms. The summed E-state index contributed by atoms with van der Waals surface area (Å²) in [5.74, 6) is 0.741. The number of H-pyrrole nitrogens is 1. The van der Waals surface area contributed by atoms with Gasteiger partial charge in [0.2, 0.25) is 0 Å². The van der Waals surface area contributed by atoms with Gasteiger partial charge in [0.05, 0.1) is 11.9 Å². The Morgan fingerprint density at radius 1 is 1.21 bits per heavy atom. The molecule has 28 heavy (non-hydrogen) atoms. The zero-order valence-electron chi connectivity index (χ0n) is 15.0. The molecule has 0 saturated carbocycles. The van der Waals surface area contributed by atoms with Crippen LogP contribution >= 0.6 is 34.3 Å². The van der Waals surface area contributed by atoms with Crippen molar-refractivity contribution in [2.24, 2.45) is 0 Å². The number of nitrogens with one attached hydrogen (secondary N) is 1. The third-order valence-corrected chi connectivity index (χ3v) is 7.33. The van der Waals surface area contributed by atoms with Crippen LogP contribution < -0.4 is 5.56 Å². The number of hydrogen-bond donors (Lipinski definition) is 1. The first kappa shape index (κ1) is 18.1.